The van der Waals surface area contributed by atoms with E-state index >= 15 is 0 Å². The average molecular weight is 315 g/mol. The molecule has 1 saturated heterocycles. The van der Waals surface area contributed by atoms with Crippen LogP contribution in [0.15, 0.2) is 12.3 Å². The number of anilines is 1. The molecule has 1 aliphatic heterocycles. The lowest BCUT2D eigenvalue weighted by atomic mass is 10.1. The number of nitrogens with one attached hydrogen (secondary N) is 2. The molecule has 116 valence electrons. The maximum Gasteiger partial charge on any atom is 0.254 e. The fraction of sp³-hybridized carbons (Fsp3) is 0.538. The lowest BCUT2D eigenvalue weighted by Crippen LogP contribution is -2.43. The fourth-order valence-electron chi connectivity index (χ4n) is 2.31. The van der Waals surface area contributed by atoms with E-state index in [2.05, 4.69) is 15.6 Å². The minimum atomic E-state index is -3.12. The van der Waals surface area contributed by atoms with Gasteiger partial charge < -0.3 is 10.6 Å². The molecule has 1 fully saturated rings. The Hall–Kier alpha value is -1.70. The van der Waals surface area contributed by atoms with E-state index < -0.39 is 27.6 Å². The van der Waals surface area contributed by atoms with Gasteiger partial charge in [-0.05, 0) is 25.8 Å². The maximum absolute atomic E-state index is 14.1. The highest BCUT2D eigenvalue weighted by Gasteiger charge is 2.27. The molecule has 1 atom stereocenters. The lowest BCUT2D eigenvalue weighted by molar-refractivity contribution is 0.0934. The Labute approximate surface area is 123 Å². The van der Waals surface area contributed by atoms with E-state index in [0.29, 0.717) is 19.4 Å². The summed E-state index contributed by atoms with van der Waals surface area (Å²) in [5.41, 5.74) is -0.135. The normalized spacial score (nSPS) is 20.8. The quantitative estimate of drug-likeness (QED) is 0.864. The summed E-state index contributed by atoms with van der Waals surface area (Å²) < 4.78 is 37.2. The topological polar surface area (TPSA) is 88.2 Å². The van der Waals surface area contributed by atoms with Gasteiger partial charge in [0.1, 0.15) is 0 Å². The molecule has 1 amide bonds. The van der Waals surface area contributed by atoms with E-state index in [9.17, 15) is 17.6 Å². The summed E-state index contributed by atoms with van der Waals surface area (Å²) in [6, 6.07) is 0.814. The smallest absolute Gasteiger partial charge is 0.254 e. The molecule has 0 aliphatic carbocycles. The molecule has 1 aromatic rings. The van der Waals surface area contributed by atoms with Gasteiger partial charge in [0.2, 0.25) is 0 Å². The van der Waals surface area contributed by atoms with Crippen molar-refractivity contribution in [2.45, 2.75) is 25.8 Å². The lowest BCUT2D eigenvalue weighted by Gasteiger charge is -2.23. The Bertz CT molecular complexity index is 634. The molecule has 0 aromatic carbocycles. The van der Waals surface area contributed by atoms with Gasteiger partial charge in [-0.3, -0.25) is 4.79 Å². The maximum atomic E-state index is 14.1. The van der Waals surface area contributed by atoms with Crippen LogP contribution in [0, 0.1) is 5.82 Å². The monoisotopic (exact) mass is 315 g/mol. The number of carbonyl (C=O) groups excluding carboxylic acids is 1. The highest BCUT2D eigenvalue weighted by Crippen LogP contribution is 2.17. The van der Waals surface area contributed by atoms with Crippen LogP contribution < -0.4 is 10.6 Å². The third-order valence-electron chi connectivity index (χ3n) is 3.28. The van der Waals surface area contributed by atoms with Crippen LogP contribution in [0.5, 0.6) is 0 Å². The second kappa shape index (κ2) is 6.38. The number of sulfone groups is 1. The van der Waals surface area contributed by atoms with Crippen LogP contribution in [-0.4, -0.2) is 43.4 Å². The van der Waals surface area contributed by atoms with Gasteiger partial charge in [-0.1, -0.05) is 0 Å². The number of hydrogen-bond donors (Lipinski definition) is 2. The fourth-order valence-corrected chi connectivity index (χ4v) is 3.95. The summed E-state index contributed by atoms with van der Waals surface area (Å²) in [7, 11) is -3.12. The summed E-state index contributed by atoms with van der Waals surface area (Å²) in [4.78, 5) is 15.9. The number of halogens is 1. The minimum absolute atomic E-state index is 0.0152. The molecule has 1 unspecified atom stereocenters. The number of hydrogen-bond acceptors (Lipinski definition) is 5. The van der Waals surface area contributed by atoms with Gasteiger partial charge >= 0.3 is 0 Å². The largest absolute Gasteiger partial charge is 0.368 e. The zero-order valence-electron chi connectivity index (χ0n) is 11.7. The minimum Gasteiger partial charge on any atom is -0.368 e. The highest BCUT2D eigenvalue weighted by atomic mass is 32.2. The van der Waals surface area contributed by atoms with Crippen molar-refractivity contribution in [3.05, 3.63) is 23.6 Å². The van der Waals surface area contributed by atoms with Crippen LogP contribution in [0.1, 0.15) is 30.1 Å². The molecule has 0 saturated carbocycles. The van der Waals surface area contributed by atoms with Crippen LogP contribution in [0.4, 0.5) is 10.2 Å². The van der Waals surface area contributed by atoms with Crippen molar-refractivity contribution in [1.29, 1.82) is 0 Å². The van der Waals surface area contributed by atoms with E-state index in [1.54, 1.807) is 6.92 Å². The van der Waals surface area contributed by atoms with Gasteiger partial charge in [-0.15, -0.1) is 0 Å². The molecule has 2 heterocycles. The Morgan fingerprint density at radius 1 is 1.52 bits per heavy atom. The van der Waals surface area contributed by atoms with Crippen LogP contribution in [0.2, 0.25) is 0 Å². The SMILES string of the molecule is CCNc1nccc(C(=O)NC2CCCS(=O)(=O)C2)c1F. The molecule has 2 N–H and O–H groups in total. The Morgan fingerprint density at radius 2 is 2.29 bits per heavy atom. The van der Waals surface area contributed by atoms with Crippen molar-refractivity contribution >= 4 is 21.6 Å². The molecular formula is C13H18FN3O3S. The summed E-state index contributed by atoms with van der Waals surface area (Å²) in [6.45, 7) is 2.27. The van der Waals surface area contributed by atoms with Crippen LogP contribution in [0.25, 0.3) is 0 Å². The van der Waals surface area contributed by atoms with Gasteiger partial charge in [-0.2, -0.15) is 0 Å². The summed E-state index contributed by atoms with van der Waals surface area (Å²) in [5.74, 6) is -1.27. The van der Waals surface area contributed by atoms with Gasteiger partial charge in [0.25, 0.3) is 5.91 Å². The predicted octanol–water partition coefficient (Wildman–Crippen LogP) is 0.959. The van der Waals surface area contributed by atoms with E-state index in [0.717, 1.165) is 0 Å². The van der Waals surface area contributed by atoms with Crippen molar-refractivity contribution in [3.63, 3.8) is 0 Å². The summed E-state index contributed by atoms with van der Waals surface area (Å²) in [5, 5.41) is 5.31. The van der Waals surface area contributed by atoms with Crippen molar-refractivity contribution in [1.82, 2.24) is 10.3 Å². The third kappa shape index (κ3) is 3.90. The Morgan fingerprint density at radius 3 is 2.95 bits per heavy atom. The number of rotatable bonds is 4. The molecule has 0 bridgehead atoms. The zero-order chi connectivity index (χ0) is 15.5. The van der Waals surface area contributed by atoms with Gasteiger partial charge in [0.05, 0.1) is 17.1 Å². The first kappa shape index (κ1) is 15.7. The third-order valence-corrected chi connectivity index (χ3v) is 5.10. The molecule has 0 radical (unpaired) electrons. The molecule has 8 heteroatoms. The predicted molar refractivity (Wildman–Crippen MR) is 77.5 cm³/mol. The first-order valence-corrected chi connectivity index (χ1v) is 8.64. The van der Waals surface area contributed by atoms with Crippen molar-refractivity contribution in [2.24, 2.45) is 0 Å². The van der Waals surface area contributed by atoms with Crippen molar-refractivity contribution < 1.29 is 17.6 Å². The summed E-state index contributed by atoms with van der Waals surface area (Å²) >= 11 is 0. The van der Waals surface area contributed by atoms with Crippen molar-refractivity contribution in [2.75, 3.05) is 23.4 Å². The van der Waals surface area contributed by atoms with E-state index in [-0.39, 0.29) is 22.9 Å². The van der Waals surface area contributed by atoms with Gasteiger partial charge in [0.15, 0.2) is 21.5 Å². The first-order chi connectivity index (χ1) is 9.93. The molecule has 1 aromatic heterocycles. The second-order valence-electron chi connectivity index (χ2n) is 4.98. The zero-order valence-corrected chi connectivity index (χ0v) is 12.5. The Kier molecular flexibility index (Phi) is 4.76. The number of nitrogens with zero attached hydrogens (tertiary/aromatic N) is 1. The number of amides is 1. The molecule has 21 heavy (non-hydrogen) atoms. The molecule has 0 spiro atoms. The molecule has 2 rings (SSSR count). The standard InChI is InChI=1S/C13H18FN3O3S/c1-2-15-12-11(14)10(5-6-16-12)13(18)17-9-4-3-7-21(19,20)8-9/h5-6,9H,2-4,7-8H2,1H3,(H,15,16)(H,17,18). The highest BCUT2D eigenvalue weighted by molar-refractivity contribution is 7.91. The first-order valence-electron chi connectivity index (χ1n) is 6.82. The number of aromatic nitrogens is 1. The Balaban J connectivity index is 2.12. The van der Waals surface area contributed by atoms with Crippen LogP contribution >= 0.6 is 0 Å². The van der Waals surface area contributed by atoms with E-state index in [1.807, 2.05) is 0 Å². The van der Waals surface area contributed by atoms with Crippen LogP contribution in [-0.2, 0) is 9.84 Å². The van der Waals surface area contributed by atoms with Gasteiger partial charge in [-0.25, -0.2) is 17.8 Å². The molecule has 6 nitrogen and oxygen atoms in total. The number of carbonyl (C=O) groups is 1. The second-order valence-corrected chi connectivity index (χ2v) is 7.21. The van der Waals surface area contributed by atoms with E-state index in [4.69, 9.17) is 0 Å². The van der Waals surface area contributed by atoms with Crippen LogP contribution in [0.3, 0.4) is 0 Å². The average Bonchev–Trinajstić information content (AvgIpc) is 2.40. The van der Waals surface area contributed by atoms with E-state index in [1.165, 1.54) is 12.3 Å². The molecule has 1 aliphatic rings. The number of pyridine rings is 1. The van der Waals surface area contributed by atoms with Crippen molar-refractivity contribution in [3.8, 4) is 0 Å². The van der Waals surface area contributed by atoms with Gasteiger partial charge in [0, 0.05) is 18.8 Å². The summed E-state index contributed by atoms with van der Waals surface area (Å²) in [6.07, 6.45) is 2.43. The molecular weight excluding hydrogens is 297 g/mol.